The summed E-state index contributed by atoms with van der Waals surface area (Å²) in [6.45, 7) is 0.443. The summed E-state index contributed by atoms with van der Waals surface area (Å²) >= 11 is 0. The summed E-state index contributed by atoms with van der Waals surface area (Å²) in [5.74, 6) is 0.116. The van der Waals surface area contributed by atoms with Crippen molar-refractivity contribution in [1.82, 2.24) is 0 Å². The molecule has 3 aromatic rings. The summed E-state index contributed by atoms with van der Waals surface area (Å²) < 4.78 is 11.1. The highest BCUT2D eigenvalue weighted by Crippen LogP contribution is 2.30. The Balaban J connectivity index is 1.60. The molecule has 0 spiro atoms. The lowest BCUT2D eigenvalue weighted by Crippen LogP contribution is -1.99. The van der Waals surface area contributed by atoms with Crippen LogP contribution in [0.3, 0.4) is 0 Å². The predicted molar refractivity (Wildman–Crippen MR) is 102 cm³/mol. The van der Waals surface area contributed by atoms with Gasteiger partial charge in [-0.3, -0.25) is 9.59 Å². The molecule has 0 aliphatic carbocycles. The minimum atomic E-state index is -0.181. The topological polar surface area (TPSA) is 93.1 Å². The second-order valence-electron chi connectivity index (χ2n) is 6.02. The molecule has 0 heterocycles. The maximum Gasteiger partial charge on any atom is 0.168 e. The Labute approximate surface area is 161 Å². The minimum absolute atomic E-state index is 0.173. The van der Waals surface area contributed by atoms with Crippen LogP contribution in [0.2, 0.25) is 0 Å². The van der Waals surface area contributed by atoms with Gasteiger partial charge in [0, 0.05) is 0 Å². The summed E-state index contributed by atoms with van der Waals surface area (Å²) in [4.78, 5) is 21.7. The molecule has 6 nitrogen and oxygen atoms in total. The molecule has 0 atom stereocenters. The van der Waals surface area contributed by atoms with Crippen molar-refractivity contribution in [3.8, 4) is 23.0 Å². The van der Waals surface area contributed by atoms with E-state index in [-0.39, 0.29) is 47.3 Å². The van der Waals surface area contributed by atoms with Crippen molar-refractivity contribution in [2.24, 2.45) is 0 Å². The molecule has 0 saturated heterocycles. The Morgan fingerprint density at radius 1 is 0.643 bits per heavy atom. The van der Waals surface area contributed by atoms with Crippen molar-refractivity contribution in [3.63, 3.8) is 0 Å². The first-order valence-corrected chi connectivity index (χ1v) is 8.50. The van der Waals surface area contributed by atoms with E-state index in [4.69, 9.17) is 9.47 Å². The molecule has 0 aromatic heterocycles. The lowest BCUT2D eigenvalue weighted by atomic mass is 10.1. The Morgan fingerprint density at radius 3 is 1.39 bits per heavy atom. The number of aromatic hydroxyl groups is 2. The van der Waals surface area contributed by atoms with Crippen molar-refractivity contribution in [2.45, 2.75) is 13.2 Å². The fourth-order valence-electron chi connectivity index (χ4n) is 2.56. The van der Waals surface area contributed by atoms with Gasteiger partial charge in [0.25, 0.3) is 0 Å². The summed E-state index contributed by atoms with van der Waals surface area (Å²) in [5, 5.41) is 19.9. The first-order chi connectivity index (χ1) is 13.6. The van der Waals surface area contributed by atoms with Crippen LogP contribution in [0, 0.1) is 0 Å². The Morgan fingerprint density at radius 2 is 1.04 bits per heavy atom. The van der Waals surface area contributed by atoms with Gasteiger partial charge in [-0.1, -0.05) is 36.4 Å². The van der Waals surface area contributed by atoms with Gasteiger partial charge in [-0.25, -0.2) is 0 Å². The molecule has 0 saturated carbocycles. The van der Waals surface area contributed by atoms with Crippen molar-refractivity contribution in [1.29, 1.82) is 0 Å². The van der Waals surface area contributed by atoms with E-state index in [0.29, 0.717) is 12.6 Å². The zero-order chi connectivity index (χ0) is 19.9. The second-order valence-corrected chi connectivity index (χ2v) is 6.02. The molecule has 2 N–H and O–H groups in total. The zero-order valence-electron chi connectivity index (χ0n) is 14.9. The number of hydrogen-bond donors (Lipinski definition) is 2. The lowest BCUT2D eigenvalue weighted by molar-refractivity contribution is 0.111. The summed E-state index contributed by atoms with van der Waals surface area (Å²) in [6.07, 6.45) is 1.14. The van der Waals surface area contributed by atoms with E-state index in [1.807, 2.05) is 24.3 Å². The average molecular weight is 378 g/mol. The third-order valence-corrected chi connectivity index (χ3v) is 4.13. The van der Waals surface area contributed by atoms with Gasteiger partial charge in [0.2, 0.25) is 0 Å². The van der Waals surface area contributed by atoms with E-state index in [0.717, 1.165) is 11.1 Å². The number of ether oxygens (including phenoxy) is 2. The normalized spacial score (nSPS) is 10.3. The lowest BCUT2D eigenvalue weighted by Gasteiger charge is -2.11. The first kappa shape index (κ1) is 19.0. The maximum absolute atomic E-state index is 10.9. The average Bonchev–Trinajstić information content (AvgIpc) is 2.73. The molecule has 142 valence electrons. The van der Waals surface area contributed by atoms with Crippen LogP contribution in [0.25, 0.3) is 0 Å². The Bertz CT molecular complexity index is 898. The molecule has 0 aliphatic rings. The Kier molecular flexibility index (Phi) is 5.91. The van der Waals surface area contributed by atoms with E-state index in [9.17, 15) is 19.8 Å². The number of phenolic OH excluding ortho intramolecular Hbond substituents is 2. The minimum Gasteiger partial charge on any atom is -0.504 e. The summed E-state index contributed by atoms with van der Waals surface area (Å²) in [5.41, 5.74) is 2.08. The van der Waals surface area contributed by atoms with E-state index >= 15 is 0 Å². The quantitative estimate of drug-likeness (QED) is 0.578. The van der Waals surface area contributed by atoms with Gasteiger partial charge in [0.05, 0.1) is 11.1 Å². The van der Waals surface area contributed by atoms with Crippen LogP contribution in [0.15, 0.2) is 60.7 Å². The van der Waals surface area contributed by atoms with Gasteiger partial charge < -0.3 is 19.7 Å². The zero-order valence-corrected chi connectivity index (χ0v) is 14.9. The smallest absolute Gasteiger partial charge is 0.168 e. The molecule has 3 rings (SSSR count). The van der Waals surface area contributed by atoms with E-state index in [2.05, 4.69) is 0 Å². The molecule has 0 fully saturated rings. The third kappa shape index (κ3) is 4.29. The summed E-state index contributed by atoms with van der Waals surface area (Å²) in [6, 6.07) is 16.8. The Hall–Kier alpha value is -3.80. The van der Waals surface area contributed by atoms with Gasteiger partial charge >= 0.3 is 0 Å². The molecule has 0 aliphatic heterocycles. The molecule has 6 heteroatoms. The van der Waals surface area contributed by atoms with Crippen LogP contribution in [0.5, 0.6) is 23.0 Å². The highest BCUT2D eigenvalue weighted by Gasteiger charge is 2.09. The number of para-hydroxylation sites is 2. The largest absolute Gasteiger partial charge is 0.504 e. The number of aldehydes is 2. The molecule has 0 bridgehead atoms. The molecule has 0 radical (unpaired) electrons. The monoisotopic (exact) mass is 378 g/mol. The third-order valence-electron chi connectivity index (χ3n) is 4.13. The highest BCUT2D eigenvalue weighted by molar-refractivity contribution is 5.81. The predicted octanol–water partition coefficient (Wildman–Crippen LogP) is 3.88. The van der Waals surface area contributed by atoms with E-state index in [1.165, 1.54) is 12.1 Å². The van der Waals surface area contributed by atoms with Crippen LogP contribution in [-0.4, -0.2) is 22.8 Å². The number of carbonyl (C=O) groups is 2. The van der Waals surface area contributed by atoms with Gasteiger partial charge in [-0.05, 0) is 35.4 Å². The van der Waals surface area contributed by atoms with Crippen molar-refractivity contribution in [3.05, 3.63) is 82.9 Å². The van der Waals surface area contributed by atoms with Crippen LogP contribution >= 0.6 is 0 Å². The summed E-state index contributed by atoms with van der Waals surface area (Å²) in [7, 11) is 0. The number of rotatable bonds is 8. The van der Waals surface area contributed by atoms with Crippen LogP contribution in [-0.2, 0) is 13.2 Å². The molecule has 3 aromatic carbocycles. The fourth-order valence-corrected chi connectivity index (χ4v) is 2.56. The molecular weight excluding hydrogens is 360 g/mol. The van der Waals surface area contributed by atoms with Crippen LogP contribution < -0.4 is 9.47 Å². The van der Waals surface area contributed by atoms with Crippen molar-refractivity contribution >= 4 is 12.6 Å². The molecule has 0 amide bonds. The van der Waals surface area contributed by atoms with Gasteiger partial charge in [0.15, 0.2) is 35.6 Å². The van der Waals surface area contributed by atoms with Crippen LogP contribution in [0.4, 0.5) is 0 Å². The number of benzene rings is 3. The highest BCUT2D eigenvalue weighted by atomic mass is 16.5. The second kappa shape index (κ2) is 8.73. The standard InChI is InChI=1S/C22H18O6/c23-11-17-3-1-5-19(21(17)25)27-13-15-7-9-16(10-8-15)14-28-20-6-2-4-18(12-24)22(20)26/h1-12,25-26H,13-14H2. The van der Waals surface area contributed by atoms with Crippen LogP contribution in [0.1, 0.15) is 31.8 Å². The van der Waals surface area contributed by atoms with Crippen molar-refractivity contribution < 1.29 is 29.3 Å². The number of phenols is 2. The fraction of sp³-hybridized carbons (Fsp3) is 0.0909. The van der Waals surface area contributed by atoms with Gasteiger partial charge in [-0.2, -0.15) is 0 Å². The number of hydrogen-bond acceptors (Lipinski definition) is 6. The van der Waals surface area contributed by atoms with Gasteiger partial charge in [0.1, 0.15) is 13.2 Å². The van der Waals surface area contributed by atoms with Gasteiger partial charge in [-0.15, -0.1) is 0 Å². The first-order valence-electron chi connectivity index (χ1n) is 8.50. The maximum atomic E-state index is 10.9. The molecule has 28 heavy (non-hydrogen) atoms. The molecule has 0 unspecified atom stereocenters. The van der Waals surface area contributed by atoms with E-state index < -0.39 is 0 Å². The number of carbonyl (C=O) groups excluding carboxylic acids is 2. The van der Waals surface area contributed by atoms with Crippen molar-refractivity contribution in [2.75, 3.05) is 0 Å². The SMILES string of the molecule is O=Cc1cccc(OCc2ccc(COc3cccc(C=O)c3O)cc2)c1O. The molecular formula is C22H18O6. The van der Waals surface area contributed by atoms with E-state index in [1.54, 1.807) is 24.3 Å².